The number of aryl methyl sites for hydroxylation is 1. The average molecular weight is 437 g/mol. The third kappa shape index (κ3) is 3.41. The molecule has 3 aromatic rings. The predicted octanol–water partition coefficient (Wildman–Crippen LogP) is 3.80. The molecular formula is C19H16ClF3N6O. The van der Waals surface area contributed by atoms with Crippen LogP contribution in [-0.2, 0) is 12.6 Å². The van der Waals surface area contributed by atoms with Gasteiger partial charge in [-0.05, 0) is 32.0 Å². The number of hydrogen-bond donors (Lipinski definition) is 0. The molecule has 0 N–H and O–H groups in total. The maximum Gasteiger partial charge on any atom is 0.417 e. The third-order valence-electron chi connectivity index (χ3n) is 5.01. The molecule has 1 amide bonds. The zero-order chi connectivity index (χ0) is 21.6. The SMILES string of the molecule is Cc1ccnc(-n2nnc3c2CCN(C(=O)c2cccc(C(F)(F)F)c2Cl)[C@@H]3C)n1. The van der Waals surface area contributed by atoms with Crippen molar-refractivity contribution in [2.75, 3.05) is 6.54 Å². The van der Waals surface area contributed by atoms with Crippen LogP contribution in [0.25, 0.3) is 5.95 Å². The summed E-state index contributed by atoms with van der Waals surface area (Å²) < 4.78 is 41.0. The van der Waals surface area contributed by atoms with Crippen molar-refractivity contribution in [1.82, 2.24) is 29.9 Å². The van der Waals surface area contributed by atoms with E-state index in [1.807, 2.05) is 6.92 Å². The molecule has 0 spiro atoms. The molecule has 0 radical (unpaired) electrons. The largest absolute Gasteiger partial charge is 0.417 e. The molecule has 156 valence electrons. The summed E-state index contributed by atoms with van der Waals surface area (Å²) in [7, 11) is 0. The van der Waals surface area contributed by atoms with Crippen molar-refractivity contribution in [3.05, 3.63) is 63.7 Å². The number of rotatable bonds is 2. The lowest BCUT2D eigenvalue weighted by molar-refractivity contribution is -0.137. The molecule has 0 saturated heterocycles. The standard InChI is InChI=1S/C19H16ClF3N6O/c1-10-6-8-24-18(25-10)29-14-7-9-28(11(2)16(14)26-27-29)17(30)12-4-3-5-13(15(12)20)19(21,22)23/h3-6,8,11H,7,9H2,1-2H3/t11-/m1/s1. The molecule has 4 rings (SSSR count). The number of nitrogens with zero attached hydrogens (tertiary/aromatic N) is 6. The quantitative estimate of drug-likeness (QED) is 0.610. The van der Waals surface area contributed by atoms with E-state index in [0.29, 0.717) is 18.1 Å². The minimum Gasteiger partial charge on any atom is -0.330 e. The normalized spacial score (nSPS) is 16.5. The number of fused-ring (bicyclic) bond motifs is 1. The number of carbonyl (C=O) groups excluding carboxylic acids is 1. The van der Waals surface area contributed by atoms with E-state index < -0.39 is 28.7 Å². The van der Waals surface area contributed by atoms with Crippen molar-refractivity contribution in [2.45, 2.75) is 32.5 Å². The molecule has 1 atom stereocenters. The Kier molecular flexibility index (Phi) is 4.97. The topological polar surface area (TPSA) is 76.8 Å². The van der Waals surface area contributed by atoms with Crippen LogP contribution in [0, 0.1) is 6.92 Å². The zero-order valence-electron chi connectivity index (χ0n) is 16.0. The van der Waals surface area contributed by atoms with Crippen LogP contribution in [0.2, 0.25) is 5.02 Å². The van der Waals surface area contributed by atoms with Gasteiger partial charge in [0.15, 0.2) is 0 Å². The highest BCUT2D eigenvalue weighted by molar-refractivity contribution is 6.34. The highest BCUT2D eigenvalue weighted by atomic mass is 35.5. The van der Waals surface area contributed by atoms with E-state index in [9.17, 15) is 18.0 Å². The first-order valence-electron chi connectivity index (χ1n) is 9.09. The van der Waals surface area contributed by atoms with Gasteiger partial charge >= 0.3 is 6.18 Å². The molecule has 1 aliphatic heterocycles. The van der Waals surface area contributed by atoms with Gasteiger partial charge in [-0.25, -0.2) is 9.97 Å². The number of alkyl halides is 3. The first kappa shape index (κ1) is 20.3. The summed E-state index contributed by atoms with van der Waals surface area (Å²) in [5.41, 5.74) is 0.832. The van der Waals surface area contributed by atoms with Crippen molar-refractivity contribution < 1.29 is 18.0 Å². The molecule has 2 aromatic heterocycles. The van der Waals surface area contributed by atoms with E-state index in [0.717, 1.165) is 17.5 Å². The Balaban J connectivity index is 1.67. The van der Waals surface area contributed by atoms with Crippen LogP contribution in [0.3, 0.4) is 0 Å². The van der Waals surface area contributed by atoms with E-state index in [1.165, 1.54) is 21.7 Å². The molecule has 0 bridgehead atoms. The zero-order valence-corrected chi connectivity index (χ0v) is 16.7. The lowest BCUT2D eigenvalue weighted by Gasteiger charge is -2.33. The van der Waals surface area contributed by atoms with Crippen LogP contribution >= 0.6 is 11.6 Å². The van der Waals surface area contributed by atoms with Crippen LogP contribution in [0.5, 0.6) is 0 Å². The Morgan fingerprint density at radius 2 is 2.03 bits per heavy atom. The first-order valence-corrected chi connectivity index (χ1v) is 9.47. The van der Waals surface area contributed by atoms with Crippen LogP contribution in [-0.4, -0.2) is 42.3 Å². The van der Waals surface area contributed by atoms with Crippen LogP contribution in [0.15, 0.2) is 30.5 Å². The summed E-state index contributed by atoms with van der Waals surface area (Å²) in [5, 5.41) is 7.69. The molecule has 0 fully saturated rings. The molecule has 30 heavy (non-hydrogen) atoms. The second-order valence-corrected chi connectivity index (χ2v) is 7.30. The number of hydrogen-bond acceptors (Lipinski definition) is 5. The molecule has 1 aliphatic rings. The number of benzene rings is 1. The first-order chi connectivity index (χ1) is 14.2. The van der Waals surface area contributed by atoms with E-state index >= 15 is 0 Å². The Bertz CT molecular complexity index is 1130. The van der Waals surface area contributed by atoms with E-state index in [1.54, 1.807) is 19.2 Å². The number of aromatic nitrogens is 5. The summed E-state index contributed by atoms with van der Waals surface area (Å²) in [5.74, 6) is -0.220. The summed E-state index contributed by atoms with van der Waals surface area (Å²) in [6, 6.07) is 4.57. The van der Waals surface area contributed by atoms with Gasteiger partial charge in [-0.2, -0.15) is 17.9 Å². The van der Waals surface area contributed by atoms with Gasteiger partial charge in [0.2, 0.25) is 0 Å². The fraction of sp³-hybridized carbons (Fsp3) is 0.316. The maximum atomic E-state index is 13.2. The highest BCUT2D eigenvalue weighted by Crippen LogP contribution is 2.38. The minimum absolute atomic E-state index is 0.198. The van der Waals surface area contributed by atoms with Gasteiger partial charge in [-0.1, -0.05) is 22.9 Å². The Labute approximate surface area is 174 Å². The van der Waals surface area contributed by atoms with Crippen LogP contribution in [0.4, 0.5) is 13.2 Å². The van der Waals surface area contributed by atoms with Gasteiger partial charge in [0.05, 0.1) is 27.9 Å². The average Bonchev–Trinajstić information content (AvgIpc) is 3.12. The Morgan fingerprint density at radius 3 is 2.73 bits per heavy atom. The van der Waals surface area contributed by atoms with Crippen molar-refractivity contribution in [2.24, 2.45) is 0 Å². The van der Waals surface area contributed by atoms with Crippen molar-refractivity contribution in [1.29, 1.82) is 0 Å². The van der Waals surface area contributed by atoms with Gasteiger partial charge in [-0.15, -0.1) is 5.10 Å². The number of halogens is 4. The van der Waals surface area contributed by atoms with Gasteiger partial charge in [0.25, 0.3) is 11.9 Å². The summed E-state index contributed by atoms with van der Waals surface area (Å²) >= 11 is 5.94. The molecule has 1 aromatic carbocycles. The molecule has 0 unspecified atom stereocenters. The lowest BCUT2D eigenvalue weighted by atomic mass is 10.0. The second kappa shape index (κ2) is 7.35. The van der Waals surface area contributed by atoms with Crippen LogP contribution in [0.1, 0.15) is 46.0 Å². The van der Waals surface area contributed by atoms with Crippen molar-refractivity contribution in [3.8, 4) is 5.95 Å². The number of amides is 1. The molecular weight excluding hydrogens is 421 g/mol. The van der Waals surface area contributed by atoms with Gasteiger partial charge in [0, 0.05) is 24.9 Å². The summed E-state index contributed by atoms with van der Waals surface area (Å²) in [6.45, 7) is 3.84. The van der Waals surface area contributed by atoms with Gasteiger partial charge < -0.3 is 4.90 Å². The third-order valence-corrected chi connectivity index (χ3v) is 5.42. The fourth-order valence-corrected chi connectivity index (χ4v) is 3.80. The van der Waals surface area contributed by atoms with Crippen molar-refractivity contribution >= 4 is 17.5 Å². The van der Waals surface area contributed by atoms with Gasteiger partial charge in [-0.3, -0.25) is 4.79 Å². The predicted molar refractivity (Wildman–Crippen MR) is 101 cm³/mol. The molecule has 7 nitrogen and oxygen atoms in total. The Hall–Kier alpha value is -3.01. The van der Waals surface area contributed by atoms with E-state index in [-0.39, 0.29) is 12.1 Å². The smallest absolute Gasteiger partial charge is 0.330 e. The summed E-state index contributed by atoms with van der Waals surface area (Å²) in [4.78, 5) is 23.0. The Morgan fingerprint density at radius 1 is 1.27 bits per heavy atom. The second-order valence-electron chi connectivity index (χ2n) is 6.92. The number of carbonyl (C=O) groups is 1. The fourth-order valence-electron chi connectivity index (χ4n) is 3.49. The lowest BCUT2D eigenvalue weighted by Crippen LogP contribution is -2.39. The molecule has 0 aliphatic carbocycles. The van der Waals surface area contributed by atoms with Crippen molar-refractivity contribution in [3.63, 3.8) is 0 Å². The van der Waals surface area contributed by atoms with Crippen LogP contribution < -0.4 is 0 Å². The van der Waals surface area contributed by atoms with E-state index in [4.69, 9.17) is 11.6 Å². The maximum absolute atomic E-state index is 13.2. The molecule has 0 saturated carbocycles. The molecule has 11 heteroatoms. The van der Waals surface area contributed by atoms with E-state index in [2.05, 4.69) is 20.3 Å². The molecule has 3 heterocycles. The van der Waals surface area contributed by atoms with Gasteiger partial charge in [0.1, 0.15) is 5.69 Å². The monoisotopic (exact) mass is 436 g/mol. The highest BCUT2D eigenvalue weighted by Gasteiger charge is 2.37. The minimum atomic E-state index is -4.65. The summed E-state index contributed by atoms with van der Waals surface area (Å²) in [6.07, 6.45) is -2.64.